The van der Waals surface area contributed by atoms with E-state index in [-0.39, 0.29) is 23.8 Å². The summed E-state index contributed by atoms with van der Waals surface area (Å²) in [5.74, 6) is -9.33. The van der Waals surface area contributed by atoms with Gasteiger partial charge >= 0.3 is 11.9 Å². The van der Waals surface area contributed by atoms with Gasteiger partial charge < -0.3 is 40.3 Å². The van der Waals surface area contributed by atoms with Gasteiger partial charge in [0.2, 0.25) is 17.1 Å². The molecule has 232 valence electrons. The second-order valence-corrected chi connectivity index (χ2v) is 14.9. The van der Waals surface area contributed by atoms with Crippen LogP contribution in [-0.4, -0.2) is 101 Å². The molecular formula is C29H39NO11S. The van der Waals surface area contributed by atoms with E-state index < -0.39 is 92.5 Å². The van der Waals surface area contributed by atoms with Crippen LogP contribution in [0.2, 0.25) is 0 Å². The highest BCUT2D eigenvalue weighted by Gasteiger charge is 3.00. The van der Waals surface area contributed by atoms with Crippen LogP contribution in [0, 0.1) is 34.5 Å². The molecule has 0 radical (unpaired) electrons. The van der Waals surface area contributed by atoms with Gasteiger partial charge in [0.1, 0.15) is 22.8 Å². The minimum Gasteiger partial charge on any atom is -0.480 e. The monoisotopic (exact) mass is 609 g/mol. The molecule has 0 aromatic rings. The van der Waals surface area contributed by atoms with Crippen molar-refractivity contribution in [2.75, 3.05) is 11.5 Å². The number of carboxylic acid groups (broad SMARTS) is 1. The van der Waals surface area contributed by atoms with Crippen molar-refractivity contribution in [1.29, 1.82) is 0 Å². The lowest BCUT2D eigenvalue weighted by Gasteiger charge is -2.65. The number of aliphatic hydroxyl groups is 4. The molecule has 5 bridgehead atoms. The molecule has 6 rings (SSSR count). The molecule has 0 aromatic heterocycles. The number of carbonyl (C=O) groups excluding carboxylic acids is 3. The number of aliphatic hydroxyl groups excluding tert-OH is 1. The Bertz CT molecular complexity index is 1320. The molecule has 5 fully saturated rings. The van der Waals surface area contributed by atoms with Crippen LogP contribution in [0.1, 0.15) is 53.9 Å². The molecule has 13 unspecified atom stereocenters. The number of rotatable bonds is 6. The quantitative estimate of drug-likeness (QED) is 0.131. The summed E-state index contributed by atoms with van der Waals surface area (Å²) >= 11 is 1.01. The average Bonchev–Trinajstić information content (AvgIpc) is 3.08. The minimum atomic E-state index is -2.62. The number of ether oxygens (including phenoxy) is 2. The summed E-state index contributed by atoms with van der Waals surface area (Å²) in [5.41, 5.74) is -11.5. The fourth-order valence-electron chi connectivity index (χ4n) is 9.92. The number of carbonyl (C=O) groups is 4. The Morgan fingerprint density at radius 1 is 1.17 bits per heavy atom. The predicted octanol–water partition coefficient (Wildman–Crippen LogP) is -0.248. The molecule has 1 spiro atoms. The molecule has 2 heterocycles. The lowest BCUT2D eigenvalue weighted by atomic mass is 9.36. The Labute approximate surface area is 247 Å². The molecule has 13 heteroatoms. The normalized spacial score (nSPS) is 54.1. The van der Waals surface area contributed by atoms with E-state index in [1.54, 1.807) is 26.8 Å². The molecule has 2 saturated heterocycles. The number of aliphatic carboxylic acids is 1. The SMILES string of the molecule is CC(=O)NC(CSCC12OC(=O)C34C(=O)C5(C)C6CCC(C)C(O)C6(O)C=CC5C(C)(OC13O)C4(O)CC2C)C(=O)O. The summed E-state index contributed by atoms with van der Waals surface area (Å²) in [4.78, 5) is 52.5. The zero-order valence-electron chi connectivity index (χ0n) is 24.2. The van der Waals surface area contributed by atoms with Crippen molar-refractivity contribution < 1.29 is 54.2 Å². The van der Waals surface area contributed by atoms with Crippen molar-refractivity contribution in [2.24, 2.45) is 34.5 Å². The number of Topliss-reactive ketones (excluding diaryl/α,β-unsaturated/α-hetero) is 1. The first-order valence-electron chi connectivity index (χ1n) is 14.5. The van der Waals surface area contributed by atoms with E-state index in [0.29, 0.717) is 12.8 Å². The van der Waals surface area contributed by atoms with Gasteiger partial charge in [-0.2, -0.15) is 11.8 Å². The number of amides is 1. The number of esters is 1. The second-order valence-electron chi connectivity index (χ2n) is 13.8. The zero-order valence-corrected chi connectivity index (χ0v) is 25.1. The van der Waals surface area contributed by atoms with Gasteiger partial charge in [0, 0.05) is 41.6 Å². The van der Waals surface area contributed by atoms with Crippen molar-refractivity contribution >= 4 is 35.4 Å². The number of hydrogen-bond acceptors (Lipinski definition) is 11. The van der Waals surface area contributed by atoms with Gasteiger partial charge in [0.25, 0.3) is 0 Å². The Hall–Kier alpha value is -2.03. The molecule has 42 heavy (non-hydrogen) atoms. The van der Waals surface area contributed by atoms with E-state index in [9.17, 15) is 39.9 Å². The molecular weight excluding hydrogens is 570 g/mol. The van der Waals surface area contributed by atoms with Gasteiger partial charge in [-0.05, 0) is 32.1 Å². The first-order valence-corrected chi connectivity index (χ1v) is 15.6. The van der Waals surface area contributed by atoms with Gasteiger partial charge in [0.05, 0.1) is 6.10 Å². The molecule has 3 saturated carbocycles. The zero-order chi connectivity index (χ0) is 31.1. The second kappa shape index (κ2) is 8.57. The number of ketones is 1. The van der Waals surface area contributed by atoms with E-state index in [1.165, 1.54) is 13.0 Å². The summed E-state index contributed by atoms with van der Waals surface area (Å²) in [6, 6.07) is -1.26. The highest BCUT2D eigenvalue weighted by molar-refractivity contribution is 7.99. The predicted molar refractivity (Wildman–Crippen MR) is 146 cm³/mol. The van der Waals surface area contributed by atoms with Crippen LogP contribution in [0.5, 0.6) is 0 Å². The molecule has 12 nitrogen and oxygen atoms in total. The van der Waals surface area contributed by atoms with Crippen LogP contribution in [0.25, 0.3) is 0 Å². The smallest absolute Gasteiger partial charge is 0.329 e. The maximum Gasteiger partial charge on any atom is 0.329 e. The van der Waals surface area contributed by atoms with Crippen LogP contribution in [-0.2, 0) is 28.7 Å². The lowest BCUT2D eigenvalue weighted by molar-refractivity contribution is -0.302. The molecule has 0 aromatic carbocycles. The van der Waals surface area contributed by atoms with Crippen LogP contribution < -0.4 is 5.32 Å². The largest absolute Gasteiger partial charge is 0.480 e. The molecule has 1 amide bonds. The van der Waals surface area contributed by atoms with Gasteiger partial charge in [-0.1, -0.05) is 32.9 Å². The van der Waals surface area contributed by atoms with Gasteiger partial charge in [0.15, 0.2) is 11.4 Å². The van der Waals surface area contributed by atoms with Crippen LogP contribution in [0.15, 0.2) is 12.2 Å². The Balaban J connectivity index is 1.47. The maximum absolute atomic E-state index is 15.1. The molecule has 6 aliphatic rings. The van der Waals surface area contributed by atoms with Crippen molar-refractivity contribution in [3.05, 3.63) is 12.2 Å². The fraction of sp³-hybridized carbons (Fsp3) is 0.793. The van der Waals surface area contributed by atoms with Gasteiger partial charge in [-0.15, -0.1) is 0 Å². The highest BCUT2D eigenvalue weighted by atomic mass is 32.2. The van der Waals surface area contributed by atoms with Crippen molar-refractivity contribution in [2.45, 2.75) is 94.2 Å². The number of fused-ring (bicyclic) bond motifs is 4. The number of carboxylic acids is 1. The van der Waals surface area contributed by atoms with E-state index in [1.807, 2.05) is 6.92 Å². The van der Waals surface area contributed by atoms with Crippen molar-refractivity contribution in [3.63, 3.8) is 0 Å². The minimum absolute atomic E-state index is 0.131. The molecule has 2 aliphatic heterocycles. The summed E-state index contributed by atoms with van der Waals surface area (Å²) in [7, 11) is 0. The number of nitrogens with one attached hydrogen (secondary N) is 1. The van der Waals surface area contributed by atoms with Crippen molar-refractivity contribution in [1.82, 2.24) is 5.32 Å². The summed E-state index contributed by atoms with van der Waals surface area (Å²) in [6.07, 6.45) is 2.63. The van der Waals surface area contributed by atoms with Gasteiger partial charge in [-0.3, -0.25) is 14.4 Å². The molecule has 6 N–H and O–H groups in total. The summed E-state index contributed by atoms with van der Waals surface area (Å²) < 4.78 is 12.4. The summed E-state index contributed by atoms with van der Waals surface area (Å²) in [6.45, 7) is 7.88. The third-order valence-corrected chi connectivity index (χ3v) is 13.2. The van der Waals surface area contributed by atoms with Crippen LogP contribution in [0.4, 0.5) is 0 Å². The summed E-state index contributed by atoms with van der Waals surface area (Å²) in [5, 5.41) is 60.0. The fourth-order valence-corrected chi connectivity index (χ4v) is 11.3. The van der Waals surface area contributed by atoms with Crippen LogP contribution in [0.3, 0.4) is 0 Å². The number of thioether (sulfide) groups is 1. The topological polar surface area (TPSA) is 200 Å². The molecule has 13 atom stereocenters. The lowest BCUT2D eigenvalue weighted by Crippen LogP contribution is -2.81. The average molecular weight is 610 g/mol. The first-order chi connectivity index (χ1) is 19.3. The Kier molecular flexibility index (Phi) is 6.12. The van der Waals surface area contributed by atoms with E-state index in [2.05, 4.69) is 5.32 Å². The van der Waals surface area contributed by atoms with E-state index >= 15 is 4.79 Å². The number of hydrogen-bond donors (Lipinski definition) is 6. The highest BCUT2D eigenvalue weighted by Crippen LogP contribution is 2.80. The third-order valence-electron chi connectivity index (χ3n) is 12.0. The Morgan fingerprint density at radius 2 is 1.83 bits per heavy atom. The standard InChI is InChI=1S/C29H39NO11S/c1-13-6-7-18-23(4)17(8-9-25(18,37)19(13)32)24(5)27(38)10-14(2)26(12-42-11-16(20(33)34)30-15(3)31)29(39,41-24)28(27,21(23)35)22(36)40-26/h8-9,13-14,16-19,32,37-39H,6-7,10-12H2,1-5H3,(H,30,31)(H,33,34). The third kappa shape index (κ3) is 2.89. The first kappa shape index (κ1) is 30.0. The van der Waals surface area contributed by atoms with Gasteiger partial charge in [-0.25, -0.2) is 4.79 Å². The Morgan fingerprint density at radius 3 is 2.45 bits per heavy atom. The van der Waals surface area contributed by atoms with Crippen molar-refractivity contribution in [3.8, 4) is 0 Å². The maximum atomic E-state index is 15.1. The van der Waals surface area contributed by atoms with E-state index in [0.717, 1.165) is 11.8 Å². The van der Waals surface area contributed by atoms with Crippen LogP contribution >= 0.6 is 11.8 Å². The molecule has 4 aliphatic carbocycles. The van der Waals surface area contributed by atoms with E-state index in [4.69, 9.17) is 9.47 Å².